The van der Waals surface area contributed by atoms with E-state index in [-0.39, 0.29) is 5.82 Å². The minimum Gasteiger partial charge on any atom is -0.444 e. The summed E-state index contributed by atoms with van der Waals surface area (Å²) in [5, 5.41) is 8.65. The molecule has 3 aromatic rings. The molecule has 0 bridgehead atoms. The molecule has 0 fully saturated rings. The molecule has 0 saturated heterocycles. The van der Waals surface area contributed by atoms with Crippen LogP contribution in [0.3, 0.4) is 0 Å². The Morgan fingerprint density at radius 3 is 2.62 bits per heavy atom. The van der Waals surface area contributed by atoms with Crippen molar-refractivity contribution in [2.75, 3.05) is 20.1 Å². The lowest BCUT2D eigenvalue weighted by atomic mass is 10.2. The number of aromatic nitrogens is 1. The van der Waals surface area contributed by atoms with E-state index in [4.69, 9.17) is 4.42 Å². The third kappa shape index (κ3) is 5.16. The van der Waals surface area contributed by atoms with Gasteiger partial charge in [-0.25, -0.2) is 9.37 Å². The first kappa shape index (κ1) is 18.1. The zero-order chi connectivity index (χ0) is 18.2. The van der Waals surface area contributed by atoms with Crippen molar-refractivity contribution in [1.29, 1.82) is 0 Å². The van der Waals surface area contributed by atoms with Crippen LogP contribution in [-0.4, -0.2) is 31.1 Å². The number of hydrogen-bond acceptors (Lipinski definition) is 4. The summed E-state index contributed by atoms with van der Waals surface area (Å²) in [6.45, 7) is 1.52. The normalized spacial score (nSPS) is 11.5. The van der Waals surface area contributed by atoms with Crippen LogP contribution in [0.15, 0.2) is 57.5 Å². The highest BCUT2D eigenvalue weighted by molar-refractivity contribution is 7.09. The van der Waals surface area contributed by atoms with Gasteiger partial charge in [-0.3, -0.25) is 4.99 Å². The van der Waals surface area contributed by atoms with Crippen molar-refractivity contribution in [3.63, 3.8) is 0 Å². The smallest absolute Gasteiger partial charge is 0.226 e. The Hall–Kier alpha value is -2.67. The Kier molecular flexibility index (Phi) is 6.38. The van der Waals surface area contributed by atoms with Gasteiger partial charge < -0.3 is 15.1 Å². The fourth-order valence-electron chi connectivity index (χ4n) is 2.44. The minimum atomic E-state index is -0.275. The van der Waals surface area contributed by atoms with E-state index in [1.807, 2.05) is 0 Å². The molecule has 0 unspecified atom stereocenters. The van der Waals surface area contributed by atoms with Crippen LogP contribution in [0.2, 0.25) is 0 Å². The Morgan fingerprint density at radius 1 is 1.15 bits per heavy atom. The Morgan fingerprint density at radius 2 is 1.92 bits per heavy atom. The molecule has 0 spiro atoms. The van der Waals surface area contributed by atoms with Crippen LogP contribution in [0.25, 0.3) is 11.5 Å². The van der Waals surface area contributed by atoms with E-state index in [2.05, 4.69) is 38.1 Å². The lowest BCUT2D eigenvalue weighted by Crippen LogP contribution is -2.39. The molecule has 0 saturated carbocycles. The molecule has 0 radical (unpaired) electrons. The first-order valence-corrected chi connectivity index (χ1v) is 9.30. The highest BCUT2D eigenvalue weighted by Crippen LogP contribution is 2.18. The molecule has 136 valence electrons. The number of aliphatic imine (C=N–C) groups is 1. The number of halogens is 1. The number of hydrogen-bond donors (Lipinski definition) is 2. The predicted molar refractivity (Wildman–Crippen MR) is 103 cm³/mol. The Labute approximate surface area is 156 Å². The number of nitrogens with one attached hydrogen (secondary N) is 2. The van der Waals surface area contributed by atoms with Crippen molar-refractivity contribution in [2.24, 2.45) is 4.99 Å². The maximum Gasteiger partial charge on any atom is 0.226 e. The Bertz CT molecular complexity index is 828. The number of nitrogens with zero attached hydrogens (tertiary/aromatic N) is 2. The number of benzene rings is 1. The van der Waals surface area contributed by atoms with Gasteiger partial charge >= 0.3 is 0 Å². The molecule has 0 atom stereocenters. The van der Waals surface area contributed by atoms with Gasteiger partial charge in [0.1, 0.15) is 12.1 Å². The maximum absolute atomic E-state index is 13.0. The van der Waals surface area contributed by atoms with E-state index in [0.717, 1.165) is 30.2 Å². The molecule has 0 amide bonds. The molecule has 3 rings (SSSR count). The van der Waals surface area contributed by atoms with Crippen molar-refractivity contribution in [3.05, 3.63) is 64.4 Å². The maximum atomic E-state index is 13.0. The van der Waals surface area contributed by atoms with Crippen molar-refractivity contribution in [2.45, 2.75) is 12.8 Å². The van der Waals surface area contributed by atoms with Gasteiger partial charge in [0.2, 0.25) is 5.89 Å². The second kappa shape index (κ2) is 9.15. The topological polar surface area (TPSA) is 62.5 Å². The zero-order valence-corrected chi connectivity index (χ0v) is 15.4. The summed E-state index contributed by atoms with van der Waals surface area (Å²) in [7, 11) is 1.75. The van der Waals surface area contributed by atoms with Gasteiger partial charge in [0, 0.05) is 37.0 Å². The first-order chi connectivity index (χ1) is 12.7. The lowest BCUT2D eigenvalue weighted by molar-refractivity contribution is 0.571. The molecular formula is C19H21FN4OS. The van der Waals surface area contributed by atoms with Crippen molar-refractivity contribution >= 4 is 17.3 Å². The highest BCUT2D eigenvalue weighted by atomic mass is 32.1. The van der Waals surface area contributed by atoms with Crippen LogP contribution in [-0.2, 0) is 12.8 Å². The van der Waals surface area contributed by atoms with E-state index in [9.17, 15) is 4.39 Å². The number of oxazole rings is 1. The highest BCUT2D eigenvalue weighted by Gasteiger charge is 2.07. The number of rotatable bonds is 7. The van der Waals surface area contributed by atoms with Gasteiger partial charge in [-0.15, -0.1) is 11.3 Å². The summed E-state index contributed by atoms with van der Waals surface area (Å²) in [5.74, 6) is 0.991. The van der Waals surface area contributed by atoms with E-state index < -0.39 is 0 Å². The summed E-state index contributed by atoms with van der Waals surface area (Å²) in [5.41, 5.74) is 1.60. The summed E-state index contributed by atoms with van der Waals surface area (Å²) in [4.78, 5) is 10.0. The van der Waals surface area contributed by atoms with Crippen LogP contribution >= 0.6 is 11.3 Å². The SMILES string of the molecule is CN=C(NCCc1coc(-c2ccc(F)cc2)n1)NCCc1cccs1. The van der Waals surface area contributed by atoms with Crippen LogP contribution in [0, 0.1) is 5.82 Å². The Balaban J connectivity index is 1.43. The molecule has 7 heteroatoms. The first-order valence-electron chi connectivity index (χ1n) is 8.42. The fraction of sp³-hybridized carbons (Fsp3) is 0.263. The average Bonchev–Trinajstić information content (AvgIpc) is 3.33. The molecule has 26 heavy (non-hydrogen) atoms. The average molecular weight is 372 g/mol. The molecule has 2 N–H and O–H groups in total. The van der Waals surface area contributed by atoms with Gasteiger partial charge in [-0.2, -0.15) is 0 Å². The molecule has 1 aromatic carbocycles. The summed E-state index contributed by atoms with van der Waals surface area (Å²) in [6.07, 6.45) is 3.31. The van der Waals surface area contributed by atoms with Crippen molar-refractivity contribution in [1.82, 2.24) is 15.6 Å². The number of thiophene rings is 1. The van der Waals surface area contributed by atoms with Crippen LogP contribution in [0.1, 0.15) is 10.6 Å². The van der Waals surface area contributed by atoms with Gasteiger partial charge in [-0.1, -0.05) is 6.07 Å². The van der Waals surface area contributed by atoms with Crippen molar-refractivity contribution in [3.8, 4) is 11.5 Å². The number of guanidine groups is 1. The van der Waals surface area contributed by atoms with Crippen LogP contribution < -0.4 is 10.6 Å². The minimum absolute atomic E-state index is 0.275. The van der Waals surface area contributed by atoms with Gasteiger partial charge in [0.15, 0.2) is 5.96 Å². The standard InChI is InChI=1S/C19H21FN4OS/c1-21-19(23-11-9-17-3-2-12-26-17)22-10-8-16-13-25-18(24-16)14-4-6-15(20)7-5-14/h2-7,12-13H,8-11H2,1H3,(H2,21,22,23). The van der Waals surface area contributed by atoms with E-state index in [0.29, 0.717) is 18.9 Å². The van der Waals surface area contributed by atoms with E-state index >= 15 is 0 Å². The predicted octanol–water partition coefficient (Wildman–Crippen LogP) is 3.49. The zero-order valence-electron chi connectivity index (χ0n) is 14.5. The van der Waals surface area contributed by atoms with Crippen molar-refractivity contribution < 1.29 is 8.81 Å². The van der Waals surface area contributed by atoms with Gasteiger partial charge in [-0.05, 0) is 42.1 Å². The monoisotopic (exact) mass is 372 g/mol. The molecule has 2 heterocycles. The van der Waals surface area contributed by atoms with Gasteiger partial charge in [0.05, 0.1) is 5.69 Å². The second-order valence-electron chi connectivity index (χ2n) is 5.66. The molecule has 2 aromatic heterocycles. The van der Waals surface area contributed by atoms with Gasteiger partial charge in [0.25, 0.3) is 0 Å². The fourth-order valence-corrected chi connectivity index (χ4v) is 3.14. The van der Waals surface area contributed by atoms with E-state index in [1.165, 1.54) is 17.0 Å². The molecule has 5 nitrogen and oxygen atoms in total. The third-order valence-electron chi connectivity index (χ3n) is 3.78. The van der Waals surface area contributed by atoms with Crippen LogP contribution in [0.5, 0.6) is 0 Å². The summed E-state index contributed by atoms with van der Waals surface area (Å²) in [6, 6.07) is 10.3. The van der Waals surface area contributed by atoms with E-state index in [1.54, 1.807) is 36.8 Å². The molecule has 0 aliphatic heterocycles. The second-order valence-corrected chi connectivity index (χ2v) is 6.69. The molecular weight excluding hydrogens is 351 g/mol. The molecule has 0 aliphatic rings. The van der Waals surface area contributed by atoms with Crippen LogP contribution in [0.4, 0.5) is 4.39 Å². The quantitative estimate of drug-likeness (QED) is 0.492. The third-order valence-corrected chi connectivity index (χ3v) is 4.72. The molecule has 0 aliphatic carbocycles. The summed E-state index contributed by atoms with van der Waals surface area (Å²) >= 11 is 1.76. The lowest BCUT2D eigenvalue weighted by Gasteiger charge is -2.10. The largest absolute Gasteiger partial charge is 0.444 e. The summed E-state index contributed by atoms with van der Waals surface area (Å²) < 4.78 is 18.5.